The number of aldehydes is 1. The highest BCUT2D eigenvalue weighted by Gasteiger charge is 2.30. The fourth-order valence-electron chi connectivity index (χ4n) is 1.61. The number of rotatable bonds is 5. The van der Waals surface area contributed by atoms with E-state index in [2.05, 4.69) is 0 Å². The first-order valence-corrected chi connectivity index (χ1v) is 5.32. The van der Waals surface area contributed by atoms with Gasteiger partial charge in [0.1, 0.15) is 0 Å². The molecule has 1 fully saturated rings. The molecule has 1 aliphatic carbocycles. The summed E-state index contributed by atoms with van der Waals surface area (Å²) in [5.41, 5.74) is 1.47. The van der Waals surface area contributed by atoms with E-state index in [-0.39, 0.29) is 18.1 Å². The highest BCUT2D eigenvalue weighted by Crippen LogP contribution is 2.32. The molecule has 0 bridgehead atoms. The molecule has 3 heteroatoms. The van der Waals surface area contributed by atoms with Crippen molar-refractivity contribution in [2.45, 2.75) is 19.3 Å². The molecule has 0 spiro atoms. The van der Waals surface area contributed by atoms with Crippen molar-refractivity contribution in [2.24, 2.45) is 5.92 Å². The maximum Gasteiger partial charge on any atom is 0.199 e. The van der Waals surface area contributed by atoms with E-state index in [1.165, 1.54) is 0 Å². The number of hydrogen-bond donors (Lipinski definition) is 0. The Bertz CT molecular complexity index is 427. The Morgan fingerprint density at radius 1 is 1.19 bits per heavy atom. The summed E-state index contributed by atoms with van der Waals surface area (Å²) in [4.78, 5) is 32.7. The second-order valence-electron chi connectivity index (χ2n) is 4.10. The summed E-state index contributed by atoms with van der Waals surface area (Å²) >= 11 is 0. The predicted molar refractivity (Wildman–Crippen MR) is 58.3 cm³/mol. The summed E-state index contributed by atoms with van der Waals surface area (Å²) in [7, 11) is 0. The van der Waals surface area contributed by atoms with Crippen molar-refractivity contribution in [2.75, 3.05) is 0 Å². The molecule has 0 N–H and O–H groups in total. The Balaban J connectivity index is 2.06. The summed E-state index contributed by atoms with van der Waals surface area (Å²) in [6.07, 6.45) is 2.42. The van der Waals surface area contributed by atoms with Gasteiger partial charge in [0.05, 0.1) is 0 Å². The monoisotopic (exact) mass is 216 g/mol. The summed E-state index contributed by atoms with van der Waals surface area (Å²) in [6.45, 7) is 0. The second-order valence-corrected chi connectivity index (χ2v) is 4.10. The Labute approximate surface area is 93.5 Å². The zero-order chi connectivity index (χ0) is 11.5. The SMILES string of the molecule is O=CC(=O)Cc1ccc(C(=O)C2CC2)cc1. The molecule has 3 nitrogen and oxygen atoms in total. The predicted octanol–water partition coefficient (Wildman–Crippen LogP) is 1.59. The molecular formula is C13H12O3. The highest BCUT2D eigenvalue weighted by molar-refractivity contribution is 6.25. The average Bonchev–Trinajstić information content (AvgIpc) is 3.13. The van der Waals surface area contributed by atoms with Crippen molar-refractivity contribution in [3.8, 4) is 0 Å². The maximum absolute atomic E-state index is 11.7. The molecule has 0 radical (unpaired) electrons. The van der Waals surface area contributed by atoms with Gasteiger partial charge in [-0.05, 0) is 18.4 Å². The normalized spacial score (nSPS) is 14.5. The number of benzene rings is 1. The van der Waals surface area contributed by atoms with E-state index >= 15 is 0 Å². The average molecular weight is 216 g/mol. The zero-order valence-corrected chi connectivity index (χ0v) is 8.81. The van der Waals surface area contributed by atoms with Gasteiger partial charge in [0.2, 0.25) is 0 Å². The van der Waals surface area contributed by atoms with Crippen molar-refractivity contribution in [1.82, 2.24) is 0 Å². The molecule has 1 aromatic rings. The van der Waals surface area contributed by atoms with Crippen LogP contribution in [0.15, 0.2) is 24.3 Å². The van der Waals surface area contributed by atoms with Crippen LogP contribution in [0.1, 0.15) is 28.8 Å². The molecule has 0 amide bonds. The van der Waals surface area contributed by atoms with Crippen LogP contribution in [-0.4, -0.2) is 17.9 Å². The van der Waals surface area contributed by atoms with Crippen molar-refractivity contribution in [3.05, 3.63) is 35.4 Å². The van der Waals surface area contributed by atoms with Gasteiger partial charge >= 0.3 is 0 Å². The van der Waals surface area contributed by atoms with Crippen LogP contribution in [0, 0.1) is 5.92 Å². The Hall–Kier alpha value is -1.77. The molecule has 1 aromatic carbocycles. The van der Waals surface area contributed by atoms with Crippen LogP contribution in [0.2, 0.25) is 0 Å². The maximum atomic E-state index is 11.7. The van der Waals surface area contributed by atoms with Gasteiger partial charge < -0.3 is 0 Å². The molecule has 0 saturated heterocycles. The molecule has 0 aromatic heterocycles. The Kier molecular flexibility index (Phi) is 2.95. The van der Waals surface area contributed by atoms with Gasteiger partial charge in [-0.2, -0.15) is 0 Å². The Morgan fingerprint density at radius 2 is 1.81 bits per heavy atom. The lowest BCUT2D eigenvalue weighted by Gasteiger charge is -2.00. The van der Waals surface area contributed by atoms with Gasteiger partial charge in [-0.3, -0.25) is 14.4 Å². The van der Waals surface area contributed by atoms with Crippen molar-refractivity contribution in [1.29, 1.82) is 0 Å². The minimum Gasteiger partial charge on any atom is -0.295 e. The molecule has 0 heterocycles. The van der Waals surface area contributed by atoms with E-state index in [0.717, 1.165) is 18.4 Å². The van der Waals surface area contributed by atoms with E-state index in [0.29, 0.717) is 11.8 Å². The minimum absolute atomic E-state index is 0.112. The fraction of sp³-hybridized carbons (Fsp3) is 0.308. The van der Waals surface area contributed by atoms with Gasteiger partial charge in [-0.25, -0.2) is 0 Å². The van der Waals surface area contributed by atoms with Crippen LogP contribution in [0.5, 0.6) is 0 Å². The number of carbonyl (C=O) groups excluding carboxylic acids is 3. The molecule has 0 atom stereocenters. The van der Waals surface area contributed by atoms with Crippen LogP contribution in [0.25, 0.3) is 0 Å². The number of carbonyl (C=O) groups is 3. The molecule has 1 saturated carbocycles. The van der Waals surface area contributed by atoms with E-state index in [4.69, 9.17) is 0 Å². The molecule has 2 rings (SSSR count). The molecular weight excluding hydrogens is 204 g/mol. The third-order valence-corrected chi connectivity index (χ3v) is 2.70. The minimum atomic E-state index is -0.443. The lowest BCUT2D eigenvalue weighted by molar-refractivity contribution is -0.129. The number of ketones is 2. The topological polar surface area (TPSA) is 51.2 Å². The summed E-state index contributed by atoms with van der Waals surface area (Å²) in [6, 6.07) is 6.93. The smallest absolute Gasteiger partial charge is 0.199 e. The largest absolute Gasteiger partial charge is 0.295 e. The van der Waals surface area contributed by atoms with E-state index in [1.54, 1.807) is 24.3 Å². The van der Waals surface area contributed by atoms with E-state index in [1.807, 2.05) is 0 Å². The van der Waals surface area contributed by atoms with Crippen LogP contribution in [0.4, 0.5) is 0 Å². The molecule has 0 aliphatic heterocycles. The zero-order valence-electron chi connectivity index (χ0n) is 8.81. The van der Waals surface area contributed by atoms with Gasteiger partial charge in [0.15, 0.2) is 17.9 Å². The van der Waals surface area contributed by atoms with Crippen LogP contribution in [0.3, 0.4) is 0 Å². The molecule has 1 aliphatic rings. The lowest BCUT2D eigenvalue weighted by Crippen LogP contribution is -2.05. The highest BCUT2D eigenvalue weighted by atomic mass is 16.2. The Morgan fingerprint density at radius 3 is 2.31 bits per heavy atom. The van der Waals surface area contributed by atoms with E-state index < -0.39 is 5.78 Å². The molecule has 0 unspecified atom stereocenters. The van der Waals surface area contributed by atoms with Crippen molar-refractivity contribution < 1.29 is 14.4 Å². The van der Waals surface area contributed by atoms with Crippen LogP contribution in [-0.2, 0) is 16.0 Å². The van der Waals surface area contributed by atoms with Crippen molar-refractivity contribution >= 4 is 17.9 Å². The van der Waals surface area contributed by atoms with Gasteiger partial charge in [0, 0.05) is 17.9 Å². The molecule has 82 valence electrons. The van der Waals surface area contributed by atoms with Gasteiger partial charge in [-0.1, -0.05) is 24.3 Å². The fourth-order valence-corrected chi connectivity index (χ4v) is 1.61. The van der Waals surface area contributed by atoms with Crippen molar-refractivity contribution in [3.63, 3.8) is 0 Å². The second kappa shape index (κ2) is 4.39. The third kappa shape index (κ3) is 2.42. The lowest BCUT2D eigenvalue weighted by atomic mass is 10.0. The summed E-state index contributed by atoms with van der Waals surface area (Å²) in [5, 5.41) is 0. The van der Waals surface area contributed by atoms with Gasteiger partial charge in [-0.15, -0.1) is 0 Å². The molecule has 16 heavy (non-hydrogen) atoms. The van der Waals surface area contributed by atoms with Crippen LogP contribution < -0.4 is 0 Å². The first-order valence-electron chi connectivity index (χ1n) is 5.32. The first kappa shape index (κ1) is 10.7. The number of Topliss-reactive ketones (excluding diaryl/α,β-unsaturated/α-hetero) is 2. The standard InChI is InChI=1S/C13H12O3/c14-8-12(15)7-9-1-3-10(4-2-9)13(16)11-5-6-11/h1-4,8,11H,5-7H2. The quantitative estimate of drug-likeness (QED) is 0.426. The van der Waals surface area contributed by atoms with E-state index in [9.17, 15) is 14.4 Å². The van der Waals surface area contributed by atoms with Gasteiger partial charge in [0.25, 0.3) is 0 Å². The first-order chi connectivity index (χ1) is 7.70. The summed E-state index contributed by atoms with van der Waals surface area (Å²) in [5.74, 6) is -0.0445. The van der Waals surface area contributed by atoms with Crippen LogP contribution >= 0.6 is 0 Å². The summed E-state index contributed by atoms with van der Waals surface area (Å²) < 4.78 is 0. The number of hydrogen-bond acceptors (Lipinski definition) is 3. The third-order valence-electron chi connectivity index (χ3n) is 2.70.